The lowest BCUT2D eigenvalue weighted by Gasteiger charge is -2.34. The van der Waals surface area contributed by atoms with Gasteiger partial charge in [0.25, 0.3) is 0 Å². The molecule has 2 fully saturated rings. The summed E-state index contributed by atoms with van der Waals surface area (Å²) < 4.78 is 7.60. The van der Waals surface area contributed by atoms with Gasteiger partial charge in [0.15, 0.2) is 5.78 Å². The third-order valence-electron chi connectivity index (χ3n) is 4.49. The number of aromatic nitrogens is 2. The van der Waals surface area contributed by atoms with Crippen LogP contribution in [0.15, 0.2) is 6.07 Å². The molecule has 3 heterocycles. The highest BCUT2D eigenvalue weighted by Gasteiger charge is 2.35. The van der Waals surface area contributed by atoms with Gasteiger partial charge >= 0.3 is 0 Å². The zero-order valence-corrected chi connectivity index (χ0v) is 12.3. The van der Waals surface area contributed by atoms with Gasteiger partial charge in [0.05, 0.1) is 18.7 Å². The monoisotopic (exact) mass is 277 g/mol. The average molecular weight is 277 g/mol. The van der Waals surface area contributed by atoms with Crippen LogP contribution < -0.4 is 0 Å². The fourth-order valence-electron chi connectivity index (χ4n) is 3.21. The Hall–Kier alpha value is -1.20. The van der Waals surface area contributed by atoms with Crippen molar-refractivity contribution in [2.75, 3.05) is 19.7 Å². The lowest BCUT2D eigenvalue weighted by molar-refractivity contribution is -0.137. The Kier molecular flexibility index (Phi) is 3.89. The van der Waals surface area contributed by atoms with Crippen LogP contribution in [-0.4, -0.2) is 52.3 Å². The number of ketones is 1. The molecule has 0 radical (unpaired) electrons. The number of rotatable bonds is 4. The maximum atomic E-state index is 12.4. The Morgan fingerprint density at radius 3 is 3.15 bits per heavy atom. The van der Waals surface area contributed by atoms with Crippen LogP contribution in [0.5, 0.6) is 0 Å². The lowest BCUT2D eigenvalue weighted by Crippen LogP contribution is -2.49. The molecule has 0 N–H and O–H groups in total. The van der Waals surface area contributed by atoms with Gasteiger partial charge in [0.2, 0.25) is 0 Å². The van der Waals surface area contributed by atoms with E-state index in [0.717, 1.165) is 30.9 Å². The van der Waals surface area contributed by atoms with Crippen LogP contribution in [0, 0.1) is 0 Å². The van der Waals surface area contributed by atoms with Crippen LogP contribution >= 0.6 is 0 Å². The number of carbonyl (C=O) groups excluding carboxylic acids is 1. The second-order valence-corrected chi connectivity index (χ2v) is 5.86. The van der Waals surface area contributed by atoms with Crippen molar-refractivity contribution in [2.45, 2.75) is 44.8 Å². The molecule has 1 aromatic heterocycles. The third kappa shape index (κ3) is 2.65. The molecule has 1 aromatic rings. The van der Waals surface area contributed by atoms with Crippen LogP contribution in [0.1, 0.15) is 31.2 Å². The van der Waals surface area contributed by atoms with E-state index in [2.05, 4.69) is 16.9 Å². The first-order valence-electron chi connectivity index (χ1n) is 7.57. The van der Waals surface area contributed by atoms with Crippen LogP contribution in [0.4, 0.5) is 0 Å². The van der Waals surface area contributed by atoms with Gasteiger partial charge in [-0.25, -0.2) is 0 Å². The number of hydrogen-bond acceptors (Lipinski definition) is 4. The standard InChI is InChI=1S/C15H23N3O2/c1-3-11-7-13(17(2)16-11)8-14(19)15-9-18-6-4-5-12(18)10-20-15/h7,12,15H,3-6,8-10H2,1-2H3. The van der Waals surface area contributed by atoms with E-state index in [9.17, 15) is 4.79 Å². The van der Waals surface area contributed by atoms with Crippen molar-refractivity contribution >= 4 is 5.78 Å². The number of morpholine rings is 1. The zero-order chi connectivity index (χ0) is 14.1. The summed E-state index contributed by atoms with van der Waals surface area (Å²) in [6.45, 7) is 4.67. The summed E-state index contributed by atoms with van der Waals surface area (Å²) in [5.74, 6) is 0.181. The van der Waals surface area contributed by atoms with Crippen molar-refractivity contribution in [3.8, 4) is 0 Å². The number of nitrogens with zero attached hydrogens (tertiary/aromatic N) is 3. The first-order valence-corrected chi connectivity index (χ1v) is 7.57. The Morgan fingerprint density at radius 1 is 1.55 bits per heavy atom. The summed E-state index contributed by atoms with van der Waals surface area (Å²) in [4.78, 5) is 14.8. The first-order chi connectivity index (χ1) is 9.67. The minimum Gasteiger partial charge on any atom is -0.367 e. The first kappa shape index (κ1) is 13.8. The van der Waals surface area contributed by atoms with E-state index in [1.807, 2.05) is 17.8 Å². The summed E-state index contributed by atoms with van der Waals surface area (Å²) in [6.07, 6.45) is 3.51. The van der Waals surface area contributed by atoms with Crippen molar-refractivity contribution in [1.29, 1.82) is 0 Å². The SMILES string of the molecule is CCc1cc(CC(=O)C2CN3CCCC3CO2)n(C)n1. The van der Waals surface area contributed by atoms with Gasteiger partial charge in [0, 0.05) is 25.3 Å². The third-order valence-corrected chi connectivity index (χ3v) is 4.49. The molecule has 2 saturated heterocycles. The number of carbonyl (C=O) groups is 1. The maximum Gasteiger partial charge on any atom is 0.168 e. The minimum atomic E-state index is -0.260. The minimum absolute atomic E-state index is 0.181. The van der Waals surface area contributed by atoms with Crippen molar-refractivity contribution in [2.24, 2.45) is 7.05 Å². The molecule has 2 unspecified atom stereocenters. The summed E-state index contributed by atoms with van der Waals surface area (Å²) in [7, 11) is 1.90. The highest BCUT2D eigenvalue weighted by Crippen LogP contribution is 2.23. The Labute approximate surface area is 119 Å². The molecule has 0 amide bonds. The Bertz CT molecular complexity index is 497. The summed E-state index contributed by atoms with van der Waals surface area (Å²) in [5.41, 5.74) is 2.03. The number of fused-ring (bicyclic) bond motifs is 1. The zero-order valence-electron chi connectivity index (χ0n) is 12.3. The number of Topliss-reactive ketones (excluding diaryl/α,β-unsaturated/α-hetero) is 1. The van der Waals surface area contributed by atoms with E-state index in [0.29, 0.717) is 19.1 Å². The number of hydrogen-bond donors (Lipinski definition) is 0. The van der Waals surface area contributed by atoms with Gasteiger partial charge in [-0.15, -0.1) is 0 Å². The van der Waals surface area contributed by atoms with Gasteiger partial charge < -0.3 is 4.74 Å². The molecule has 0 aliphatic carbocycles. The average Bonchev–Trinajstić information content (AvgIpc) is 3.04. The van der Waals surface area contributed by atoms with E-state index < -0.39 is 0 Å². The molecule has 2 atom stereocenters. The van der Waals surface area contributed by atoms with Crippen molar-refractivity contribution < 1.29 is 9.53 Å². The maximum absolute atomic E-state index is 12.4. The fourth-order valence-corrected chi connectivity index (χ4v) is 3.21. The molecule has 110 valence electrons. The van der Waals surface area contributed by atoms with Crippen LogP contribution in [0.25, 0.3) is 0 Å². The molecule has 2 aliphatic heterocycles. The molecule has 0 bridgehead atoms. The predicted molar refractivity (Wildman–Crippen MR) is 75.6 cm³/mol. The molecule has 20 heavy (non-hydrogen) atoms. The topological polar surface area (TPSA) is 47.4 Å². The van der Waals surface area contributed by atoms with Gasteiger partial charge in [0.1, 0.15) is 6.10 Å². The molecule has 0 saturated carbocycles. The molecular weight excluding hydrogens is 254 g/mol. The van der Waals surface area contributed by atoms with E-state index in [-0.39, 0.29) is 11.9 Å². The van der Waals surface area contributed by atoms with Crippen molar-refractivity contribution in [3.63, 3.8) is 0 Å². The highest BCUT2D eigenvalue weighted by molar-refractivity contribution is 5.85. The number of ether oxygens (including phenoxy) is 1. The Morgan fingerprint density at radius 2 is 2.40 bits per heavy atom. The van der Waals surface area contributed by atoms with Crippen molar-refractivity contribution in [1.82, 2.24) is 14.7 Å². The summed E-state index contributed by atoms with van der Waals surface area (Å²) >= 11 is 0. The van der Waals surface area contributed by atoms with Crippen LogP contribution in [0.2, 0.25) is 0 Å². The largest absolute Gasteiger partial charge is 0.367 e. The molecular formula is C15H23N3O2. The second-order valence-electron chi connectivity index (χ2n) is 5.86. The van der Waals surface area contributed by atoms with Gasteiger partial charge in [-0.1, -0.05) is 6.92 Å². The quantitative estimate of drug-likeness (QED) is 0.822. The van der Waals surface area contributed by atoms with E-state index in [4.69, 9.17) is 4.74 Å². The molecule has 5 heteroatoms. The molecule has 5 nitrogen and oxygen atoms in total. The second kappa shape index (κ2) is 5.66. The smallest absolute Gasteiger partial charge is 0.168 e. The summed E-state index contributed by atoms with van der Waals surface area (Å²) in [5, 5.41) is 4.39. The van der Waals surface area contributed by atoms with E-state index in [1.165, 1.54) is 12.8 Å². The van der Waals surface area contributed by atoms with Gasteiger partial charge in [-0.2, -0.15) is 5.10 Å². The van der Waals surface area contributed by atoms with Crippen LogP contribution in [0.3, 0.4) is 0 Å². The van der Waals surface area contributed by atoms with Crippen LogP contribution in [-0.2, 0) is 29.4 Å². The molecule has 0 spiro atoms. The highest BCUT2D eigenvalue weighted by atomic mass is 16.5. The number of aryl methyl sites for hydroxylation is 2. The molecule has 2 aliphatic rings. The van der Waals surface area contributed by atoms with Gasteiger partial charge in [-0.05, 0) is 31.9 Å². The van der Waals surface area contributed by atoms with E-state index >= 15 is 0 Å². The lowest BCUT2D eigenvalue weighted by atomic mass is 10.1. The van der Waals surface area contributed by atoms with E-state index in [1.54, 1.807) is 0 Å². The summed E-state index contributed by atoms with van der Waals surface area (Å²) in [6, 6.07) is 2.57. The van der Waals surface area contributed by atoms with Gasteiger partial charge in [-0.3, -0.25) is 14.4 Å². The normalized spacial score (nSPS) is 26.7. The predicted octanol–water partition coefficient (Wildman–Crippen LogP) is 0.957. The fraction of sp³-hybridized carbons (Fsp3) is 0.733. The van der Waals surface area contributed by atoms with Crippen molar-refractivity contribution in [3.05, 3.63) is 17.5 Å². The molecule has 0 aromatic carbocycles. The molecule has 3 rings (SSSR count). The Balaban J connectivity index is 1.62.